The number of benzene rings is 1. The third kappa shape index (κ3) is 6.30. The van der Waals surface area contributed by atoms with E-state index in [1.807, 2.05) is 12.1 Å². The summed E-state index contributed by atoms with van der Waals surface area (Å²) < 4.78 is 24.8. The van der Waals surface area contributed by atoms with Gasteiger partial charge in [-0.05, 0) is 68.9 Å². The minimum absolute atomic E-state index is 0.178. The number of thiocarbonyl (C=S) groups is 1. The van der Waals surface area contributed by atoms with Gasteiger partial charge in [-0.1, -0.05) is 12.1 Å². The molecule has 37 heavy (non-hydrogen) atoms. The van der Waals surface area contributed by atoms with Crippen molar-refractivity contribution in [3.8, 4) is 0 Å². The van der Waals surface area contributed by atoms with E-state index in [1.54, 1.807) is 0 Å². The highest BCUT2D eigenvalue weighted by atomic mass is 32.1. The predicted molar refractivity (Wildman–Crippen MR) is 148 cm³/mol. The van der Waals surface area contributed by atoms with E-state index in [4.69, 9.17) is 31.7 Å². The van der Waals surface area contributed by atoms with E-state index >= 15 is 0 Å². The summed E-state index contributed by atoms with van der Waals surface area (Å²) in [5.74, 6) is 2.09. The number of nitrogens with zero attached hydrogens (tertiary/aromatic N) is 4. The van der Waals surface area contributed by atoms with Crippen molar-refractivity contribution in [2.45, 2.75) is 50.5 Å². The van der Waals surface area contributed by atoms with Crippen LogP contribution in [0, 0.1) is 5.82 Å². The van der Waals surface area contributed by atoms with Crippen molar-refractivity contribution in [1.82, 2.24) is 15.3 Å². The molecule has 200 valence electrons. The minimum atomic E-state index is -0.229. The number of nitrogens with one attached hydrogen (secondary N) is 2. The van der Waals surface area contributed by atoms with Crippen molar-refractivity contribution in [3.05, 3.63) is 41.7 Å². The Labute approximate surface area is 223 Å². The van der Waals surface area contributed by atoms with E-state index in [0.717, 1.165) is 56.1 Å². The van der Waals surface area contributed by atoms with Gasteiger partial charge in [0.1, 0.15) is 17.5 Å². The van der Waals surface area contributed by atoms with Crippen LogP contribution in [0.5, 0.6) is 0 Å². The summed E-state index contributed by atoms with van der Waals surface area (Å²) in [6.45, 7) is 8.19. The number of halogens is 1. The molecular formula is C27H37FN6O2S. The lowest BCUT2D eigenvalue weighted by Gasteiger charge is -2.38. The lowest BCUT2D eigenvalue weighted by molar-refractivity contribution is 0.0515. The Balaban J connectivity index is 1.33. The van der Waals surface area contributed by atoms with E-state index in [-0.39, 0.29) is 11.2 Å². The first kappa shape index (κ1) is 26.1. The summed E-state index contributed by atoms with van der Waals surface area (Å²) >= 11 is 5.71. The zero-order valence-corrected chi connectivity index (χ0v) is 22.4. The molecule has 1 aromatic heterocycles. The Bertz CT molecular complexity index is 1060. The fourth-order valence-electron chi connectivity index (χ4n) is 5.55. The van der Waals surface area contributed by atoms with E-state index < -0.39 is 0 Å². The minimum Gasteiger partial charge on any atom is -0.381 e. The SMILES string of the molecule is CC1CCCCN1c1cc(N2CCOCC2)nc(NC(=S)NCC2(c3ccc(F)cc3)CCOCC2)n1. The second-order valence-electron chi connectivity index (χ2n) is 10.3. The van der Waals surface area contributed by atoms with Crippen LogP contribution >= 0.6 is 12.2 Å². The molecule has 0 radical (unpaired) electrons. The Morgan fingerprint density at radius 3 is 2.46 bits per heavy atom. The molecule has 0 spiro atoms. The summed E-state index contributed by atoms with van der Waals surface area (Å²) in [6, 6.07) is 9.33. The van der Waals surface area contributed by atoms with Crippen LogP contribution in [0.4, 0.5) is 22.0 Å². The Morgan fingerprint density at radius 2 is 1.73 bits per heavy atom. The topological polar surface area (TPSA) is 74.8 Å². The third-order valence-corrected chi connectivity index (χ3v) is 8.10. The van der Waals surface area contributed by atoms with Gasteiger partial charge >= 0.3 is 0 Å². The van der Waals surface area contributed by atoms with Crippen molar-refractivity contribution < 1.29 is 13.9 Å². The van der Waals surface area contributed by atoms with Crippen molar-refractivity contribution in [3.63, 3.8) is 0 Å². The molecule has 0 amide bonds. The molecule has 3 fully saturated rings. The van der Waals surface area contributed by atoms with E-state index in [2.05, 4.69) is 33.4 Å². The second-order valence-corrected chi connectivity index (χ2v) is 10.7. The molecule has 0 aliphatic carbocycles. The quantitative estimate of drug-likeness (QED) is 0.544. The molecule has 5 rings (SSSR count). The van der Waals surface area contributed by atoms with Crippen LogP contribution in [-0.4, -0.2) is 73.7 Å². The largest absolute Gasteiger partial charge is 0.381 e. The Hall–Kier alpha value is -2.56. The Kier molecular flexibility index (Phi) is 8.36. The van der Waals surface area contributed by atoms with Gasteiger partial charge in [-0.15, -0.1) is 0 Å². The summed E-state index contributed by atoms with van der Waals surface area (Å²) in [7, 11) is 0. The Morgan fingerprint density at radius 1 is 1.03 bits per heavy atom. The third-order valence-electron chi connectivity index (χ3n) is 7.85. The highest BCUT2D eigenvalue weighted by Crippen LogP contribution is 2.34. The summed E-state index contributed by atoms with van der Waals surface area (Å²) in [6.07, 6.45) is 5.26. The molecule has 3 aliphatic heterocycles. The van der Waals surface area contributed by atoms with Crippen LogP contribution in [-0.2, 0) is 14.9 Å². The molecule has 8 nitrogen and oxygen atoms in total. The predicted octanol–water partition coefficient (Wildman–Crippen LogP) is 3.87. The van der Waals surface area contributed by atoms with Gasteiger partial charge in [0.05, 0.1) is 13.2 Å². The fourth-order valence-corrected chi connectivity index (χ4v) is 5.71. The first-order valence-corrected chi connectivity index (χ1v) is 13.8. The molecule has 2 N–H and O–H groups in total. The standard InChI is InChI=1S/C27H37FN6O2S/c1-20-4-2-3-11-34(20)24-18-23(33-12-16-36-17-13-33)30-25(31-24)32-26(37)29-19-27(9-14-35-15-10-27)21-5-7-22(28)8-6-21/h5-8,18,20H,2-4,9-17,19H2,1H3,(H2,29,30,31,32,37). The van der Waals surface area contributed by atoms with Gasteiger partial charge in [-0.3, -0.25) is 0 Å². The van der Waals surface area contributed by atoms with E-state index in [1.165, 1.54) is 25.0 Å². The van der Waals surface area contributed by atoms with Gasteiger partial charge in [0, 0.05) is 56.9 Å². The first-order valence-electron chi connectivity index (χ1n) is 13.4. The van der Waals surface area contributed by atoms with Crippen molar-refractivity contribution in [1.29, 1.82) is 0 Å². The maximum atomic E-state index is 13.6. The molecule has 1 aromatic carbocycles. The fraction of sp³-hybridized carbons (Fsp3) is 0.593. The number of piperidine rings is 1. The monoisotopic (exact) mass is 528 g/mol. The van der Waals surface area contributed by atoms with Crippen molar-refractivity contribution in [2.24, 2.45) is 0 Å². The molecule has 0 saturated carbocycles. The van der Waals surface area contributed by atoms with Crippen LogP contribution < -0.4 is 20.4 Å². The maximum absolute atomic E-state index is 13.6. The average Bonchev–Trinajstić information content (AvgIpc) is 2.93. The summed E-state index contributed by atoms with van der Waals surface area (Å²) in [5, 5.41) is 7.14. The number of aromatic nitrogens is 2. The van der Waals surface area contributed by atoms with Gasteiger partial charge in [0.15, 0.2) is 5.11 Å². The molecular weight excluding hydrogens is 491 g/mol. The summed E-state index contributed by atoms with van der Waals surface area (Å²) in [4.78, 5) is 14.3. The lowest BCUT2D eigenvalue weighted by atomic mass is 9.74. The van der Waals surface area contributed by atoms with Crippen LogP contribution in [0.25, 0.3) is 0 Å². The number of rotatable bonds is 6. The second kappa shape index (κ2) is 11.9. The van der Waals surface area contributed by atoms with Crippen molar-refractivity contribution >= 4 is 34.9 Å². The molecule has 4 heterocycles. The zero-order valence-electron chi connectivity index (χ0n) is 21.5. The highest BCUT2D eigenvalue weighted by Gasteiger charge is 2.34. The number of anilines is 3. The number of hydrogen-bond donors (Lipinski definition) is 2. The summed E-state index contributed by atoms with van der Waals surface area (Å²) in [5.41, 5.74) is 0.919. The maximum Gasteiger partial charge on any atom is 0.232 e. The van der Waals surface area contributed by atoms with E-state index in [9.17, 15) is 4.39 Å². The molecule has 1 atom stereocenters. The average molecular weight is 529 g/mol. The van der Waals surface area contributed by atoms with Crippen LogP contribution in [0.1, 0.15) is 44.6 Å². The van der Waals surface area contributed by atoms with Gasteiger partial charge in [0.2, 0.25) is 5.95 Å². The smallest absolute Gasteiger partial charge is 0.232 e. The van der Waals surface area contributed by atoms with Crippen LogP contribution in [0.2, 0.25) is 0 Å². The first-order chi connectivity index (χ1) is 18.0. The molecule has 2 aromatic rings. The van der Waals surface area contributed by atoms with Crippen LogP contribution in [0.3, 0.4) is 0 Å². The lowest BCUT2D eigenvalue weighted by Crippen LogP contribution is -2.45. The number of hydrogen-bond acceptors (Lipinski definition) is 7. The molecule has 10 heteroatoms. The van der Waals surface area contributed by atoms with Gasteiger partial charge in [0.25, 0.3) is 0 Å². The highest BCUT2D eigenvalue weighted by molar-refractivity contribution is 7.80. The van der Waals surface area contributed by atoms with Crippen LogP contribution in [0.15, 0.2) is 30.3 Å². The molecule has 3 saturated heterocycles. The van der Waals surface area contributed by atoms with E-state index in [0.29, 0.717) is 50.1 Å². The number of morpholine rings is 1. The molecule has 0 bridgehead atoms. The normalized spacial score (nSPS) is 21.9. The van der Waals surface area contributed by atoms with Gasteiger partial charge in [-0.25, -0.2) is 4.39 Å². The number of ether oxygens (including phenoxy) is 2. The van der Waals surface area contributed by atoms with Crippen molar-refractivity contribution in [2.75, 3.05) is 67.7 Å². The molecule has 1 unspecified atom stereocenters. The molecule has 3 aliphatic rings. The van der Waals surface area contributed by atoms with Gasteiger partial charge < -0.3 is 29.9 Å². The van der Waals surface area contributed by atoms with Gasteiger partial charge in [-0.2, -0.15) is 9.97 Å². The zero-order chi connectivity index (χ0) is 25.7.